The Kier molecular flexibility index (Phi) is 12.7. The summed E-state index contributed by atoms with van der Waals surface area (Å²) in [6.07, 6.45) is 12.6. The molecule has 0 saturated heterocycles. The van der Waals surface area contributed by atoms with Crippen LogP contribution in [0.1, 0.15) is 92.3 Å². The molecule has 0 amide bonds. The highest BCUT2D eigenvalue weighted by Gasteiger charge is 2.17. The van der Waals surface area contributed by atoms with Crippen LogP contribution >= 0.6 is 11.6 Å². The van der Waals surface area contributed by atoms with Gasteiger partial charge >= 0.3 is 5.97 Å². The third-order valence-electron chi connectivity index (χ3n) is 5.97. The number of unbranched alkanes of at least 4 members (excludes halogenated alkanes) is 2. The van der Waals surface area contributed by atoms with Gasteiger partial charge in [-0.3, -0.25) is 0 Å². The van der Waals surface area contributed by atoms with Gasteiger partial charge in [-0.1, -0.05) is 94.1 Å². The molecule has 0 radical (unpaired) electrons. The summed E-state index contributed by atoms with van der Waals surface area (Å²) in [5, 5.41) is 0.801. The number of hydrogen-bond donors (Lipinski definition) is 0. The third-order valence-corrected chi connectivity index (χ3v) is 6.32. The fourth-order valence-corrected chi connectivity index (χ4v) is 4.34. The first kappa shape index (κ1) is 27.9. The van der Waals surface area contributed by atoms with Gasteiger partial charge < -0.3 is 9.47 Å². The van der Waals surface area contributed by atoms with E-state index in [2.05, 4.69) is 45.1 Å². The van der Waals surface area contributed by atoms with E-state index in [1.54, 1.807) is 0 Å². The van der Waals surface area contributed by atoms with Crippen molar-refractivity contribution in [2.45, 2.75) is 71.8 Å². The molecular weight excluding hydrogens is 444 g/mol. The van der Waals surface area contributed by atoms with Crippen LogP contribution in [-0.4, -0.2) is 19.7 Å². The maximum absolute atomic E-state index is 12.4. The van der Waals surface area contributed by atoms with Gasteiger partial charge in [-0.25, -0.2) is 4.79 Å². The molecule has 1 atom stereocenters. The molecule has 0 bridgehead atoms. The zero-order valence-electron chi connectivity index (χ0n) is 21.1. The number of methoxy groups -OCH3 is 1. The van der Waals surface area contributed by atoms with Crippen LogP contribution in [-0.2, 0) is 16.1 Å². The Balaban J connectivity index is 2.21. The number of rotatable bonds is 14. The molecule has 184 valence electrons. The fraction of sp³-hybridized carbons (Fsp3) is 0.433. The van der Waals surface area contributed by atoms with E-state index in [-0.39, 0.29) is 11.9 Å². The maximum atomic E-state index is 12.4. The Labute approximate surface area is 210 Å². The molecule has 0 saturated carbocycles. The van der Waals surface area contributed by atoms with E-state index in [0.717, 1.165) is 53.0 Å². The van der Waals surface area contributed by atoms with Crippen LogP contribution in [0.2, 0.25) is 5.02 Å². The molecule has 0 aliphatic rings. The molecule has 0 aliphatic carbocycles. The lowest BCUT2D eigenvalue weighted by Crippen LogP contribution is -2.10. The molecule has 2 rings (SSSR count). The van der Waals surface area contributed by atoms with Crippen molar-refractivity contribution in [2.24, 2.45) is 0 Å². The van der Waals surface area contributed by atoms with Crippen LogP contribution in [0, 0.1) is 0 Å². The number of ether oxygens (including phenoxy) is 2. The van der Waals surface area contributed by atoms with Crippen molar-refractivity contribution >= 4 is 23.1 Å². The molecule has 0 spiro atoms. The normalized spacial score (nSPS) is 12.8. The van der Waals surface area contributed by atoms with Gasteiger partial charge in [0.1, 0.15) is 0 Å². The van der Waals surface area contributed by atoms with Crippen molar-refractivity contribution in [2.75, 3.05) is 13.7 Å². The molecule has 2 aromatic carbocycles. The van der Waals surface area contributed by atoms with Crippen molar-refractivity contribution < 1.29 is 14.3 Å². The Morgan fingerprint density at radius 3 is 2.53 bits per heavy atom. The number of allylic oxidation sites excluding steroid dienone is 4. The topological polar surface area (TPSA) is 35.5 Å². The first-order chi connectivity index (χ1) is 16.5. The minimum atomic E-state index is -0.323. The van der Waals surface area contributed by atoms with Crippen LogP contribution in [0.3, 0.4) is 0 Å². The Hall–Kier alpha value is -2.36. The molecule has 4 heteroatoms. The molecule has 0 N–H and O–H groups in total. The van der Waals surface area contributed by atoms with Crippen molar-refractivity contribution in [3.05, 3.63) is 88.0 Å². The van der Waals surface area contributed by atoms with Gasteiger partial charge in [0, 0.05) is 10.9 Å². The van der Waals surface area contributed by atoms with Gasteiger partial charge in [0.25, 0.3) is 0 Å². The number of benzene rings is 2. The number of carbonyl (C=O) groups excluding carboxylic acids is 1. The summed E-state index contributed by atoms with van der Waals surface area (Å²) in [4.78, 5) is 12.4. The van der Waals surface area contributed by atoms with Gasteiger partial charge in [-0.15, -0.1) is 0 Å². The molecule has 2 aromatic rings. The second-order valence-corrected chi connectivity index (χ2v) is 8.89. The van der Waals surface area contributed by atoms with Crippen LogP contribution < -0.4 is 0 Å². The molecule has 0 fully saturated rings. The average molecular weight is 483 g/mol. The van der Waals surface area contributed by atoms with E-state index in [0.29, 0.717) is 18.8 Å². The summed E-state index contributed by atoms with van der Waals surface area (Å²) in [6.45, 7) is 7.50. The molecule has 0 aliphatic heterocycles. The summed E-state index contributed by atoms with van der Waals surface area (Å²) in [7, 11) is 1.42. The van der Waals surface area contributed by atoms with E-state index in [1.165, 1.54) is 20.0 Å². The zero-order chi connectivity index (χ0) is 24.8. The van der Waals surface area contributed by atoms with Gasteiger partial charge in [-0.2, -0.15) is 0 Å². The van der Waals surface area contributed by atoms with Gasteiger partial charge in [-0.05, 0) is 59.7 Å². The molecular formula is C30H39ClO3. The minimum Gasteiger partial charge on any atom is -0.465 e. The SMILES string of the molecule is CC/C=C\C=C(/CC)c1cc(COCC(CCCCC)c2ccccc2Cl)ccc1C(=O)OC. The smallest absolute Gasteiger partial charge is 0.338 e. The lowest BCUT2D eigenvalue weighted by atomic mass is 9.93. The van der Waals surface area contributed by atoms with E-state index < -0.39 is 0 Å². The lowest BCUT2D eigenvalue weighted by molar-refractivity contribution is 0.0600. The number of esters is 1. The highest BCUT2D eigenvalue weighted by Crippen LogP contribution is 2.30. The molecule has 0 heterocycles. The van der Waals surface area contributed by atoms with Crippen LogP contribution in [0.25, 0.3) is 5.57 Å². The number of halogens is 1. The van der Waals surface area contributed by atoms with Crippen molar-refractivity contribution in [1.29, 1.82) is 0 Å². The lowest BCUT2D eigenvalue weighted by Gasteiger charge is -2.19. The Morgan fingerprint density at radius 1 is 1.06 bits per heavy atom. The van der Waals surface area contributed by atoms with E-state index in [1.807, 2.05) is 36.4 Å². The van der Waals surface area contributed by atoms with E-state index in [4.69, 9.17) is 21.1 Å². The fourth-order valence-electron chi connectivity index (χ4n) is 4.05. The monoisotopic (exact) mass is 482 g/mol. The average Bonchev–Trinajstić information content (AvgIpc) is 2.86. The first-order valence-corrected chi connectivity index (χ1v) is 12.8. The first-order valence-electron chi connectivity index (χ1n) is 12.4. The summed E-state index contributed by atoms with van der Waals surface area (Å²) in [5.41, 5.74) is 4.77. The Bertz CT molecular complexity index is 961. The van der Waals surface area contributed by atoms with Gasteiger partial charge in [0.15, 0.2) is 0 Å². The highest BCUT2D eigenvalue weighted by molar-refractivity contribution is 6.31. The zero-order valence-corrected chi connectivity index (χ0v) is 21.9. The van der Waals surface area contributed by atoms with E-state index >= 15 is 0 Å². The Morgan fingerprint density at radius 2 is 1.85 bits per heavy atom. The van der Waals surface area contributed by atoms with E-state index in [9.17, 15) is 4.79 Å². The summed E-state index contributed by atoms with van der Waals surface area (Å²) < 4.78 is 11.2. The molecule has 0 aromatic heterocycles. The summed E-state index contributed by atoms with van der Waals surface area (Å²) in [5.74, 6) is -0.0599. The van der Waals surface area contributed by atoms with Crippen LogP contribution in [0.4, 0.5) is 0 Å². The largest absolute Gasteiger partial charge is 0.465 e. The molecule has 3 nitrogen and oxygen atoms in total. The predicted molar refractivity (Wildman–Crippen MR) is 143 cm³/mol. The molecule has 1 unspecified atom stereocenters. The van der Waals surface area contributed by atoms with Crippen molar-refractivity contribution in [1.82, 2.24) is 0 Å². The number of hydrogen-bond acceptors (Lipinski definition) is 3. The highest BCUT2D eigenvalue weighted by atomic mass is 35.5. The van der Waals surface area contributed by atoms with Crippen molar-refractivity contribution in [3.8, 4) is 0 Å². The maximum Gasteiger partial charge on any atom is 0.338 e. The second-order valence-electron chi connectivity index (χ2n) is 8.48. The third kappa shape index (κ3) is 8.45. The second kappa shape index (κ2) is 15.5. The van der Waals surface area contributed by atoms with Gasteiger partial charge in [0.2, 0.25) is 0 Å². The van der Waals surface area contributed by atoms with Crippen LogP contribution in [0.15, 0.2) is 60.7 Å². The minimum absolute atomic E-state index is 0.263. The summed E-state index contributed by atoms with van der Waals surface area (Å²) in [6, 6.07) is 13.9. The van der Waals surface area contributed by atoms with Gasteiger partial charge in [0.05, 0.1) is 25.9 Å². The van der Waals surface area contributed by atoms with Crippen LogP contribution in [0.5, 0.6) is 0 Å². The van der Waals surface area contributed by atoms with Crippen molar-refractivity contribution in [3.63, 3.8) is 0 Å². The molecule has 34 heavy (non-hydrogen) atoms. The number of carbonyl (C=O) groups is 1. The standard InChI is InChI=1S/C30H39ClO3/c1-5-8-10-14-24(7-3)28-20-23(18-19-27(28)30(32)33-4)21-34-22-25(15-11-9-6-2)26-16-12-13-17-29(26)31/h8,10,12-14,16-20,25H,5-7,9,11,15,21-22H2,1-4H3/b10-8-,24-14+. The predicted octanol–water partition coefficient (Wildman–Crippen LogP) is 8.77. The quantitative estimate of drug-likeness (QED) is 0.153. The summed E-state index contributed by atoms with van der Waals surface area (Å²) >= 11 is 6.50.